The Morgan fingerprint density at radius 1 is 1.05 bits per heavy atom. The van der Waals surface area contributed by atoms with Crippen LogP contribution in [0, 0.1) is 11.6 Å². The molecule has 0 atom stereocenters. The zero-order valence-corrected chi connectivity index (χ0v) is 11.1. The van der Waals surface area contributed by atoms with E-state index in [1.54, 1.807) is 30.1 Å². The van der Waals surface area contributed by atoms with Gasteiger partial charge in [-0.2, -0.15) is 0 Å². The minimum Gasteiger partial charge on any atom is -0.374 e. The molecule has 20 heavy (non-hydrogen) atoms. The molecule has 0 aliphatic carbocycles. The summed E-state index contributed by atoms with van der Waals surface area (Å²) >= 11 is 0. The van der Waals surface area contributed by atoms with Crippen LogP contribution in [0.15, 0.2) is 48.5 Å². The topological polar surface area (TPSA) is 20.3 Å². The maximum atomic E-state index is 13.1. The first-order chi connectivity index (χ1) is 9.56. The largest absolute Gasteiger partial charge is 0.374 e. The molecular weight excluding hydrogens is 260 g/mol. The smallest absolute Gasteiger partial charge is 0.164 e. The number of halogens is 2. The third kappa shape index (κ3) is 3.63. The molecule has 0 amide bonds. The van der Waals surface area contributed by atoms with Gasteiger partial charge in [0.05, 0.1) is 0 Å². The molecule has 2 aromatic rings. The molecule has 0 heterocycles. The van der Waals surface area contributed by atoms with E-state index >= 15 is 0 Å². The quantitative estimate of drug-likeness (QED) is 0.776. The van der Waals surface area contributed by atoms with Gasteiger partial charge in [0.25, 0.3) is 0 Å². The number of Topliss-reactive ketones (excluding diaryl/α,β-unsaturated/α-hetero) is 1. The fourth-order valence-electron chi connectivity index (χ4n) is 1.92. The fraction of sp³-hybridized carbons (Fsp3) is 0.188. The summed E-state index contributed by atoms with van der Waals surface area (Å²) in [5.41, 5.74) is 1.06. The Morgan fingerprint density at radius 2 is 1.70 bits per heavy atom. The maximum Gasteiger partial charge on any atom is 0.164 e. The van der Waals surface area contributed by atoms with Gasteiger partial charge in [-0.05, 0) is 30.3 Å². The van der Waals surface area contributed by atoms with E-state index in [-0.39, 0.29) is 18.0 Å². The number of ketones is 1. The number of carbonyl (C=O) groups excluding carboxylic acids is 1. The summed E-state index contributed by atoms with van der Waals surface area (Å²) in [5, 5.41) is 0. The highest BCUT2D eigenvalue weighted by Crippen LogP contribution is 2.15. The van der Waals surface area contributed by atoms with Gasteiger partial charge in [-0.25, -0.2) is 8.78 Å². The van der Waals surface area contributed by atoms with Gasteiger partial charge in [0.2, 0.25) is 0 Å². The molecule has 104 valence electrons. The Bertz CT molecular complexity index is 613. The first-order valence-electron chi connectivity index (χ1n) is 6.32. The Balaban J connectivity index is 1.96. The Labute approximate surface area is 116 Å². The predicted octanol–water partition coefficient (Wildman–Crippen LogP) is 3.67. The fourth-order valence-corrected chi connectivity index (χ4v) is 1.92. The van der Waals surface area contributed by atoms with Gasteiger partial charge in [-0.3, -0.25) is 4.79 Å². The third-order valence-corrected chi connectivity index (χ3v) is 3.07. The van der Waals surface area contributed by atoms with Crippen molar-refractivity contribution >= 4 is 11.5 Å². The molecule has 0 bridgehead atoms. The SMILES string of the molecule is CN(CCC(=O)c1cccc(F)c1)c1cccc(F)c1. The molecule has 2 rings (SSSR count). The molecule has 0 aromatic heterocycles. The Hall–Kier alpha value is -2.23. The second-order valence-electron chi connectivity index (χ2n) is 4.58. The molecule has 0 radical (unpaired) electrons. The monoisotopic (exact) mass is 275 g/mol. The Kier molecular flexibility index (Phi) is 4.45. The van der Waals surface area contributed by atoms with E-state index in [9.17, 15) is 13.6 Å². The number of rotatable bonds is 5. The molecule has 0 N–H and O–H groups in total. The van der Waals surface area contributed by atoms with Crippen LogP contribution in [0.1, 0.15) is 16.8 Å². The summed E-state index contributed by atoms with van der Waals surface area (Å²) in [6.07, 6.45) is 0.246. The van der Waals surface area contributed by atoms with E-state index in [0.717, 1.165) is 0 Å². The lowest BCUT2D eigenvalue weighted by atomic mass is 10.1. The standard InChI is InChI=1S/C16H15F2NO/c1-19(15-7-3-6-14(18)11-15)9-8-16(20)12-4-2-5-13(17)10-12/h2-7,10-11H,8-9H2,1H3. The van der Waals surface area contributed by atoms with Gasteiger partial charge < -0.3 is 4.90 Å². The maximum absolute atomic E-state index is 13.1. The summed E-state index contributed by atoms with van der Waals surface area (Å²) in [4.78, 5) is 13.7. The molecule has 2 aromatic carbocycles. The van der Waals surface area contributed by atoms with E-state index in [2.05, 4.69) is 0 Å². The van der Waals surface area contributed by atoms with Crippen molar-refractivity contribution < 1.29 is 13.6 Å². The molecule has 4 heteroatoms. The van der Waals surface area contributed by atoms with Crippen molar-refractivity contribution in [2.24, 2.45) is 0 Å². The number of nitrogens with zero attached hydrogens (tertiary/aromatic N) is 1. The lowest BCUT2D eigenvalue weighted by Gasteiger charge is -2.18. The van der Waals surface area contributed by atoms with Crippen molar-refractivity contribution in [1.29, 1.82) is 0 Å². The van der Waals surface area contributed by atoms with Gasteiger partial charge in [0, 0.05) is 31.3 Å². The summed E-state index contributed by atoms with van der Waals surface area (Å²) < 4.78 is 26.1. The van der Waals surface area contributed by atoms with Crippen LogP contribution in [0.3, 0.4) is 0 Å². The van der Waals surface area contributed by atoms with E-state index in [1.807, 2.05) is 0 Å². The van der Waals surface area contributed by atoms with E-state index in [4.69, 9.17) is 0 Å². The summed E-state index contributed by atoms with van der Waals surface area (Å²) in [5.74, 6) is -0.868. The number of anilines is 1. The van der Waals surface area contributed by atoms with Crippen molar-refractivity contribution in [3.8, 4) is 0 Å². The van der Waals surface area contributed by atoms with Crippen LogP contribution in [0.2, 0.25) is 0 Å². The van der Waals surface area contributed by atoms with Gasteiger partial charge in [-0.1, -0.05) is 18.2 Å². The molecule has 0 saturated heterocycles. The van der Waals surface area contributed by atoms with Crippen molar-refractivity contribution in [3.05, 3.63) is 65.7 Å². The number of benzene rings is 2. The summed E-state index contributed by atoms with van der Waals surface area (Å²) in [7, 11) is 1.79. The van der Waals surface area contributed by atoms with Crippen molar-refractivity contribution in [2.45, 2.75) is 6.42 Å². The van der Waals surface area contributed by atoms with E-state index in [1.165, 1.54) is 30.3 Å². The van der Waals surface area contributed by atoms with Gasteiger partial charge in [0.15, 0.2) is 5.78 Å². The molecule has 0 unspecified atom stereocenters. The number of hydrogen-bond acceptors (Lipinski definition) is 2. The van der Waals surface area contributed by atoms with Gasteiger partial charge >= 0.3 is 0 Å². The average Bonchev–Trinajstić information content (AvgIpc) is 2.44. The van der Waals surface area contributed by atoms with Gasteiger partial charge in [-0.15, -0.1) is 0 Å². The molecule has 0 spiro atoms. The third-order valence-electron chi connectivity index (χ3n) is 3.07. The van der Waals surface area contributed by atoms with Crippen LogP contribution < -0.4 is 4.90 Å². The van der Waals surface area contributed by atoms with Crippen molar-refractivity contribution in [3.63, 3.8) is 0 Å². The lowest BCUT2D eigenvalue weighted by Crippen LogP contribution is -2.21. The van der Waals surface area contributed by atoms with E-state index in [0.29, 0.717) is 17.8 Å². The van der Waals surface area contributed by atoms with Crippen LogP contribution in [-0.2, 0) is 0 Å². The average molecular weight is 275 g/mol. The second-order valence-corrected chi connectivity index (χ2v) is 4.58. The highest BCUT2D eigenvalue weighted by Gasteiger charge is 2.09. The lowest BCUT2D eigenvalue weighted by molar-refractivity contribution is 0.0984. The van der Waals surface area contributed by atoms with Crippen molar-refractivity contribution in [2.75, 3.05) is 18.5 Å². The van der Waals surface area contributed by atoms with Crippen LogP contribution >= 0.6 is 0 Å². The molecular formula is C16H15F2NO. The van der Waals surface area contributed by atoms with Gasteiger partial charge in [0.1, 0.15) is 11.6 Å². The van der Waals surface area contributed by atoms with Crippen molar-refractivity contribution in [1.82, 2.24) is 0 Å². The highest BCUT2D eigenvalue weighted by atomic mass is 19.1. The molecule has 0 saturated carbocycles. The molecule has 0 aliphatic heterocycles. The first kappa shape index (κ1) is 14.2. The first-order valence-corrected chi connectivity index (χ1v) is 6.32. The number of hydrogen-bond donors (Lipinski definition) is 0. The minimum atomic E-state index is -0.422. The highest BCUT2D eigenvalue weighted by molar-refractivity contribution is 5.96. The minimum absolute atomic E-state index is 0.132. The summed E-state index contributed by atoms with van der Waals surface area (Å²) in [6, 6.07) is 11.8. The molecule has 0 fully saturated rings. The summed E-state index contributed by atoms with van der Waals surface area (Å²) in [6.45, 7) is 0.443. The normalized spacial score (nSPS) is 10.3. The van der Waals surface area contributed by atoms with Crippen LogP contribution in [0.25, 0.3) is 0 Å². The molecule has 0 aliphatic rings. The van der Waals surface area contributed by atoms with Crippen LogP contribution in [0.4, 0.5) is 14.5 Å². The van der Waals surface area contributed by atoms with E-state index < -0.39 is 5.82 Å². The zero-order valence-electron chi connectivity index (χ0n) is 11.1. The Morgan fingerprint density at radius 3 is 2.35 bits per heavy atom. The second kappa shape index (κ2) is 6.28. The van der Waals surface area contributed by atoms with Crippen LogP contribution in [0.5, 0.6) is 0 Å². The zero-order chi connectivity index (χ0) is 14.5. The van der Waals surface area contributed by atoms with Crippen LogP contribution in [-0.4, -0.2) is 19.4 Å². The molecule has 2 nitrogen and oxygen atoms in total. The predicted molar refractivity (Wildman–Crippen MR) is 75.0 cm³/mol. The number of carbonyl (C=O) groups is 1.